The van der Waals surface area contributed by atoms with E-state index >= 15 is 0 Å². The molecule has 1 heterocycles. The Hall–Kier alpha value is -1.64. The van der Waals surface area contributed by atoms with Crippen LogP contribution in [0, 0.1) is 19.7 Å². The molecule has 0 saturated heterocycles. The summed E-state index contributed by atoms with van der Waals surface area (Å²) in [5.41, 5.74) is 3.57. The minimum atomic E-state index is -0.183. The minimum absolute atomic E-state index is 0. The van der Waals surface area contributed by atoms with Gasteiger partial charge in [0.2, 0.25) is 0 Å². The Balaban J connectivity index is 0.00000261. The fourth-order valence-corrected chi connectivity index (χ4v) is 3.33. The van der Waals surface area contributed by atoms with Crippen molar-refractivity contribution < 1.29 is 4.39 Å². The second-order valence-electron chi connectivity index (χ2n) is 7.14. The number of rotatable bonds is 7. The fourth-order valence-electron chi connectivity index (χ4n) is 3.33. The van der Waals surface area contributed by atoms with E-state index in [0.717, 1.165) is 50.6 Å². The molecule has 7 heteroatoms. The van der Waals surface area contributed by atoms with Crippen LogP contribution in [0.3, 0.4) is 0 Å². The molecule has 3 rings (SSSR count). The van der Waals surface area contributed by atoms with Crippen LogP contribution in [0.15, 0.2) is 35.3 Å². The lowest BCUT2D eigenvalue weighted by Crippen LogP contribution is -2.41. The summed E-state index contributed by atoms with van der Waals surface area (Å²) < 4.78 is 15.2. The van der Waals surface area contributed by atoms with Crippen LogP contribution in [0.25, 0.3) is 0 Å². The van der Waals surface area contributed by atoms with Gasteiger partial charge in [-0.05, 0) is 56.9 Å². The average molecular weight is 485 g/mol. The second-order valence-corrected chi connectivity index (χ2v) is 7.14. The van der Waals surface area contributed by atoms with Crippen LogP contribution in [-0.4, -0.2) is 35.9 Å². The Morgan fingerprint density at radius 1 is 1.22 bits per heavy atom. The Labute approximate surface area is 177 Å². The fraction of sp³-hybridized carbons (Fsp3) is 0.500. The zero-order chi connectivity index (χ0) is 18.6. The number of hydrogen-bond donors (Lipinski definition) is 2. The zero-order valence-electron chi connectivity index (χ0n) is 16.3. The van der Waals surface area contributed by atoms with E-state index in [9.17, 15) is 4.39 Å². The summed E-state index contributed by atoms with van der Waals surface area (Å²) in [4.78, 5) is 4.30. The molecule has 1 aliphatic rings. The molecule has 1 aromatic heterocycles. The normalized spacial score (nSPS) is 15.2. The summed E-state index contributed by atoms with van der Waals surface area (Å²) >= 11 is 0. The van der Waals surface area contributed by atoms with Crippen LogP contribution in [0.4, 0.5) is 4.39 Å². The van der Waals surface area contributed by atoms with Crippen LogP contribution in [0.1, 0.15) is 36.2 Å². The highest BCUT2D eigenvalue weighted by atomic mass is 127. The molecule has 148 valence electrons. The highest BCUT2D eigenvalue weighted by Crippen LogP contribution is 2.47. The van der Waals surface area contributed by atoms with Crippen molar-refractivity contribution >= 4 is 29.9 Å². The van der Waals surface area contributed by atoms with E-state index in [1.165, 1.54) is 11.3 Å². The molecule has 2 aromatic rings. The quantitative estimate of drug-likeness (QED) is 0.273. The summed E-state index contributed by atoms with van der Waals surface area (Å²) in [7, 11) is 1.79. The third kappa shape index (κ3) is 5.67. The van der Waals surface area contributed by atoms with E-state index in [-0.39, 0.29) is 35.2 Å². The monoisotopic (exact) mass is 485 g/mol. The van der Waals surface area contributed by atoms with Gasteiger partial charge in [0.05, 0.1) is 5.69 Å². The van der Waals surface area contributed by atoms with Gasteiger partial charge < -0.3 is 10.6 Å². The number of guanidine groups is 1. The predicted octanol–water partition coefficient (Wildman–Crippen LogP) is 3.54. The molecule has 1 saturated carbocycles. The Morgan fingerprint density at radius 3 is 2.48 bits per heavy atom. The standard InChI is InChI=1S/C20H28FN5.HI/c1-15-13-16(2)26(25-15)12-4-11-23-19(22-3)24-14-20(9-10-20)17-5-7-18(21)8-6-17;/h5-8,13H,4,9-12,14H2,1-3H3,(H2,22,23,24);1H. The van der Waals surface area contributed by atoms with Gasteiger partial charge in [-0.15, -0.1) is 24.0 Å². The molecule has 0 bridgehead atoms. The van der Waals surface area contributed by atoms with Gasteiger partial charge >= 0.3 is 0 Å². The van der Waals surface area contributed by atoms with Crippen LogP contribution >= 0.6 is 24.0 Å². The Kier molecular flexibility index (Phi) is 7.64. The number of aryl methyl sites for hydroxylation is 3. The third-order valence-electron chi connectivity index (χ3n) is 5.07. The molecular weight excluding hydrogens is 456 g/mol. The van der Waals surface area contributed by atoms with E-state index in [0.29, 0.717) is 0 Å². The number of halogens is 2. The molecular formula is C20H29FIN5. The van der Waals surface area contributed by atoms with Crippen LogP contribution in [-0.2, 0) is 12.0 Å². The van der Waals surface area contributed by atoms with Gasteiger partial charge in [-0.3, -0.25) is 9.67 Å². The van der Waals surface area contributed by atoms with E-state index in [1.807, 2.05) is 23.7 Å². The lowest BCUT2D eigenvalue weighted by atomic mass is 9.96. The van der Waals surface area contributed by atoms with E-state index in [4.69, 9.17) is 0 Å². The number of nitrogens with one attached hydrogen (secondary N) is 2. The van der Waals surface area contributed by atoms with Crippen molar-refractivity contribution in [1.82, 2.24) is 20.4 Å². The summed E-state index contributed by atoms with van der Waals surface area (Å²) in [6.45, 7) is 6.64. The Bertz CT molecular complexity index is 765. The summed E-state index contributed by atoms with van der Waals surface area (Å²) in [5.74, 6) is 0.629. The lowest BCUT2D eigenvalue weighted by molar-refractivity contribution is 0.553. The first-order valence-electron chi connectivity index (χ1n) is 9.24. The maximum Gasteiger partial charge on any atom is 0.191 e. The molecule has 27 heavy (non-hydrogen) atoms. The predicted molar refractivity (Wildman–Crippen MR) is 118 cm³/mol. The van der Waals surface area contributed by atoms with Crippen molar-refractivity contribution in [2.24, 2.45) is 4.99 Å². The maximum atomic E-state index is 13.1. The first-order chi connectivity index (χ1) is 12.5. The number of benzene rings is 1. The molecule has 2 N–H and O–H groups in total. The molecule has 1 fully saturated rings. The highest BCUT2D eigenvalue weighted by Gasteiger charge is 2.44. The smallest absolute Gasteiger partial charge is 0.191 e. The van der Waals surface area contributed by atoms with Gasteiger partial charge in [-0.25, -0.2) is 4.39 Å². The highest BCUT2D eigenvalue weighted by molar-refractivity contribution is 14.0. The van der Waals surface area contributed by atoms with Crippen molar-refractivity contribution in [3.63, 3.8) is 0 Å². The minimum Gasteiger partial charge on any atom is -0.356 e. The van der Waals surface area contributed by atoms with E-state index in [1.54, 1.807) is 19.2 Å². The molecule has 0 aliphatic heterocycles. The molecule has 0 atom stereocenters. The molecule has 1 aromatic carbocycles. The molecule has 0 amide bonds. The molecule has 5 nitrogen and oxygen atoms in total. The molecule has 1 aliphatic carbocycles. The average Bonchev–Trinajstić information content (AvgIpc) is 3.34. The van der Waals surface area contributed by atoms with Gasteiger partial charge in [0.1, 0.15) is 5.82 Å². The summed E-state index contributed by atoms with van der Waals surface area (Å²) in [6.07, 6.45) is 3.23. The number of hydrogen-bond acceptors (Lipinski definition) is 2. The van der Waals surface area contributed by atoms with Gasteiger partial charge in [-0.2, -0.15) is 5.10 Å². The van der Waals surface area contributed by atoms with Gasteiger partial charge in [-0.1, -0.05) is 12.1 Å². The molecule has 0 radical (unpaired) electrons. The zero-order valence-corrected chi connectivity index (χ0v) is 18.6. The van der Waals surface area contributed by atoms with E-state index < -0.39 is 0 Å². The largest absolute Gasteiger partial charge is 0.356 e. The van der Waals surface area contributed by atoms with Crippen LogP contribution in [0.5, 0.6) is 0 Å². The first-order valence-corrected chi connectivity index (χ1v) is 9.24. The van der Waals surface area contributed by atoms with Crippen molar-refractivity contribution in [2.75, 3.05) is 20.1 Å². The lowest BCUT2D eigenvalue weighted by Gasteiger charge is -2.19. The second kappa shape index (κ2) is 9.52. The van der Waals surface area contributed by atoms with Crippen molar-refractivity contribution in [3.05, 3.63) is 53.1 Å². The van der Waals surface area contributed by atoms with Gasteiger partial charge in [0.15, 0.2) is 5.96 Å². The SMILES string of the molecule is CN=C(NCCCn1nc(C)cc1C)NCC1(c2ccc(F)cc2)CC1.I. The third-order valence-corrected chi connectivity index (χ3v) is 5.07. The number of aliphatic imine (C=N–C) groups is 1. The molecule has 0 spiro atoms. The van der Waals surface area contributed by atoms with Crippen molar-refractivity contribution in [1.29, 1.82) is 0 Å². The summed E-state index contributed by atoms with van der Waals surface area (Å²) in [5, 5.41) is 11.3. The number of nitrogens with zero attached hydrogens (tertiary/aromatic N) is 3. The Morgan fingerprint density at radius 2 is 1.93 bits per heavy atom. The van der Waals surface area contributed by atoms with E-state index in [2.05, 4.69) is 33.7 Å². The van der Waals surface area contributed by atoms with Crippen molar-refractivity contribution in [3.8, 4) is 0 Å². The van der Waals surface area contributed by atoms with Crippen molar-refractivity contribution in [2.45, 2.75) is 45.1 Å². The molecule has 0 unspecified atom stereocenters. The summed E-state index contributed by atoms with van der Waals surface area (Å²) in [6, 6.07) is 8.98. The topological polar surface area (TPSA) is 54.2 Å². The number of aromatic nitrogens is 2. The van der Waals surface area contributed by atoms with Gasteiger partial charge in [0.25, 0.3) is 0 Å². The van der Waals surface area contributed by atoms with Gasteiger partial charge in [0, 0.05) is 37.8 Å². The van der Waals surface area contributed by atoms with Crippen LogP contribution in [0.2, 0.25) is 0 Å². The first kappa shape index (κ1) is 21.7. The van der Waals surface area contributed by atoms with Crippen LogP contribution < -0.4 is 10.6 Å². The maximum absolute atomic E-state index is 13.1.